The predicted molar refractivity (Wildman–Crippen MR) is 47.7 cm³/mol. The number of aliphatic hydroxyl groups excluding tert-OH is 1. The molecule has 0 aromatic rings. The minimum atomic E-state index is -0.227. The van der Waals surface area contributed by atoms with Crippen LogP contribution in [-0.4, -0.2) is 49.8 Å². The van der Waals surface area contributed by atoms with E-state index in [9.17, 15) is 0 Å². The van der Waals surface area contributed by atoms with Gasteiger partial charge < -0.3 is 15.3 Å². The fourth-order valence-corrected chi connectivity index (χ4v) is 0.831. The Morgan fingerprint density at radius 3 is 2.55 bits per heavy atom. The fourth-order valence-electron chi connectivity index (χ4n) is 0.831. The highest BCUT2D eigenvalue weighted by molar-refractivity contribution is 4.53. The van der Waals surface area contributed by atoms with Crippen LogP contribution < -0.4 is 5.32 Å². The molecule has 11 heavy (non-hydrogen) atoms. The first-order chi connectivity index (χ1) is 5.13. The molecular formula is C8H20N2O. The molecule has 0 aromatic carbocycles. The maximum atomic E-state index is 8.89. The van der Waals surface area contributed by atoms with Crippen molar-refractivity contribution in [2.24, 2.45) is 0 Å². The fraction of sp³-hybridized carbons (Fsp3) is 1.00. The minimum absolute atomic E-state index is 0.227. The van der Waals surface area contributed by atoms with E-state index in [4.69, 9.17) is 5.11 Å². The Hall–Kier alpha value is -0.120. The van der Waals surface area contributed by atoms with Gasteiger partial charge in [0.15, 0.2) is 0 Å². The average Bonchev–Trinajstić information content (AvgIpc) is 1.85. The van der Waals surface area contributed by atoms with E-state index < -0.39 is 0 Å². The molecule has 0 amide bonds. The zero-order chi connectivity index (χ0) is 8.69. The Balaban J connectivity index is 2.91. The molecule has 0 aliphatic rings. The second kappa shape index (κ2) is 6.58. The SMILES string of the molecule is C[C@H](O)CNCCCN(C)C. The number of nitrogens with zero attached hydrogens (tertiary/aromatic N) is 1. The molecule has 0 bridgehead atoms. The summed E-state index contributed by atoms with van der Waals surface area (Å²) in [5.41, 5.74) is 0. The van der Waals surface area contributed by atoms with E-state index in [1.54, 1.807) is 6.92 Å². The molecule has 0 saturated carbocycles. The van der Waals surface area contributed by atoms with Gasteiger partial charge in [-0.25, -0.2) is 0 Å². The molecule has 0 unspecified atom stereocenters. The van der Waals surface area contributed by atoms with Crippen LogP contribution in [0.2, 0.25) is 0 Å². The van der Waals surface area contributed by atoms with Crippen LogP contribution in [-0.2, 0) is 0 Å². The minimum Gasteiger partial charge on any atom is -0.392 e. The molecule has 0 saturated heterocycles. The van der Waals surface area contributed by atoms with Crippen molar-refractivity contribution in [3.05, 3.63) is 0 Å². The highest BCUT2D eigenvalue weighted by Gasteiger charge is 1.93. The van der Waals surface area contributed by atoms with Crippen LogP contribution in [0.1, 0.15) is 13.3 Å². The third-order valence-corrected chi connectivity index (χ3v) is 1.40. The molecule has 0 aliphatic carbocycles. The highest BCUT2D eigenvalue weighted by atomic mass is 16.3. The van der Waals surface area contributed by atoms with E-state index in [1.165, 1.54) is 0 Å². The summed E-state index contributed by atoms with van der Waals surface area (Å²) in [7, 11) is 4.13. The second-order valence-corrected chi connectivity index (χ2v) is 3.21. The van der Waals surface area contributed by atoms with Crippen molar-refractivity contribution < 1.29 is 5.11 Å². The second-order valence-electron chi connectivity index (χ2n) is 3.21. The van der Waals surface area contributed by atoms with E-state index in [0.29, 0.717) is 6.54 Å². The van der Waals surface area contributed by atoms with Gasteiger partial charge in [0.05, 0.1) is 6.10 Å². The summed E-state index contributed by atoms with van der Waals surface area (Å²) in [6, 6.07) is 0. The zero-order valence-electron chi connectivity index (χ0n) is 7.80. The summed E-state index contributed by atoms with van der Waals surface area (Å²) in [5, 5.41) is 12.1. The van der Waals surface area contributed by atoms with E-state index >= 15 is 0 Å². The van der Waals surface area contributed by atoms with Crippen LogP contribution in [0.3, 0.4) is 0 Å². The van der Waals surface area contributed by atoms with Gasteiger partial charge in [0.25, 0.3) is 0 Å². The predicted octanol–water partition coefficient (Wildman–Crippen LogP) is -0.0915. The van der Waals surface area contributed by atoms with Gasteiger partial charge in [0.1, 0.15) is 0 Å². The van der Waals surface area contributed by atoms with Crippen LogP contribution in [0.4, 0.5) is 0 Å². The quantitative estimate of drug-likeness (QED) is 0.533. The summed E-state index contributed by atoms with van der Waals surface area (Å²) in [4.78, 5) is 2.16. The lowest BCUT2D eigenvalue weighted by molar-refractivity contribution is 0.191. The summed E-state index contributed by atoms with van der Waals surface area (Å²) in [6.07, 6.45) is 0.911. The first-order valence-corrected chi connectivity index (χ1v) is 4.16. The Morgan fingerprint density at radius 2 is 2.09 bits per heavy atom. The zero-order valence-corrected chi connectivity index (χ0v) is 7.80. The smallest absolute Gasteiger partial charge is 0.0636 e. The molecular weight excluding hydrogens is 140 g/mol. The molecule has 0 aliphatic heterocycles. The van der Waals surface area contributed by atoms with Gasteiger partial charge in [-0.05, 0) is 40.5 Å². The highest BCUT2D eigenvalue weighted by Crippen LogP contribution is 1.81. The Labute approximate surface area is 69.4 Å². The van der Waals surface area contributed by atoms with Gasteiger partial charge in [-0.2, -0.15) is 0 Å². The summed E-state index contributed by atoms with van der Waals surface area (Å²) >= 11 is 0. The van der Waals surface area contributed by atoms with Crippen molar-refractivity contribution in [2.75, 3.05) is 33.7 Å². The van der Waals surface area contributed by atoms with Crippen LogP contribution in [0.5, 0.6) is 0 Å². The van der Waals surface area contributed by atoms with Gasteiger partial charge in [0.2, 0.25) is 0 Å². The summed E-state index contributed by atoms with van der Waals surface area (Å²) in [6.45, 7) is 4.59. The maximum Gasteiger partial charge on any atom is 0.0636 e. The van der Waals surface area contributed by atoms with Gasteiger partial charge in [-0.3, -0.25) is 0 Å². The van der Waals surface area contributed by atoms with E-state index in [2.05, 4.69) is 24.3 Å². The Bertz CT molecular complexity index is 74.2. The molecule has 0 radical (unpaired) electrons. The number of hydrogen-bond acceptors (Lipinski definition) is 3. The van der Waals surface area contributed by atoms with Crippen LogP contribution in [0.25, 0.3) is 0 Å². The molecule has 0 aromatic heterocycles. The van der Waals surface area contributed by atoms with E-state index in [1.807, 2.05) is 0 Å². The van der Waals surface area contributed by atoms with Gasteiger partial charge in [-0.15, -0.1) is 0 Å². The molecule has 0 fully saturated rings. The van der Waals surface area contributed by atoms with Crippen LogP contribution in [0.15, 0.2) is 0 Å². The molecule has 3 nitrogen and oxygen atoms in total. The first-order valence-electron chi connectivity index (χ1n) is 4.16. The number of nitrogens with one attached hydrogen (secondary N) is 1. The van der Waals surface area contributed by atoms with Crippen molar-refractivity contribution in [1.82, 2.24) is 10.2 Å². The molecule has 2 N–H and O–H groups in total. The number of rotatable bonds is 6. The lowest BCUT2D eigenvalue weighted by Gasteiger charge is -2.10. The Kier molecular flexibility index (Phi) is 6.51. The van der Waals surface area contributed by atoms with Crippen molar-refractivity contribution >= 4 is 0 Å². The topological polar surface area (TPSA) is 35.5 Å². The van der Waals surface area contributed by atoms with E-state index in [0.717, 1.165) is 19.5 Å². The molecule has 1 atom stereocenters. The lowest BCUT2D eigenvalue weighted by Crippen LogP contribution is -2.27. The van der Waals surface area contributed by atoms with Crippen molar-refractivity contribution in [3.8, 4) is 0 Å². The maximum absolute atomic E-state index is 8.89. The summed E-state index contributed by atoms with van der Waals surface area (Å²) < 4.78 is 0. The van der Waals surface area contributed by atoms with Crippen molar-refractivity contribution in [3.63, 3.8) is 0 Å². The molecule has 0 rings (SSSR count). The average molecular weight is 160 g/mol. The summed E-state index contributed by atoms with van der Waals surface area (Å²) in [5.74, 6) is 0. The number of hydrogen-bond donors (Lipinski definition) is 2. The van der Waals surface area contributed by atoms with Crippen molar-refractivity contribution in [1.29, 1.82) is 0 Å². The van der Waals surface area contributed by atoms with Crippen LogP contribution >= 0.6 is 0 Å². The Morgan fingerprint density at radius 1 is 1.45 bits per heavy atom. The van der Waals surface area contributed by atoms with Gasteiger partial charge in [-0.1, -0.05) is 0 Å². The third-order valence-electron chi connectivity index (χ3n) is 1.40. The largest absolute Gasteiger partial charge is 0.392 e. The molecule has 0 spiro atoms. The molecule has 3 heteroatoms. The number of aliphatic hydroxyl groups is 1. The van der Waals surface area contributed by atoms with Crippen molar-refractivity contribution in [2.45, 2.75) is 19.4 Å². The standard InChI is InChI=1S/C8H20N2O/c1-8(11)7-9-5-4-6-10(2)3/h8-9,11H,4-7H2,1-3H3/t8-/m0/s1. The molecule has 0 heterocycles. The lowest BCUT2D eigenvalue weighted by atomic mass is 10.3. The van der Waals surface area contributed by atoms with Gasteiger partial charge >= 0.3 is 0 Å². The molecule has 68 valence electrons. The van der Waals surface area contributed by atoms with Crippen LogP contribution in [0, 0.1) is 0 Å². The monoisotopic (exact) mass is 160 g/mol. The normalized spacial score (nSPS) is 13.9. The first kappa shape index (κ1) is 10.9. The van der Waals surface area contributed by atoms with E-state index in [-0.39, 0.29) is 6.10 Å². The third kappa shape index (κ3) is 9.88. The van der Waals surface area contributed by atoms with Gasteiger partial charge in [0, 0.05) is 6.54 Å².